The highest BCUT2D eigenvalue weighted by Crippen LogP contribution is 2.23. The molecule has 0 aliphatic heterocycles. The first-order chi connectivity index (χ1) is 12.6. The number of pyridine rings is 2. The normalized spacial score (nSPS) is 10.7. The number of nitrogens with one attached hydrogen (secondary N) is 1. The number of fused-ring (bicyclic) bond motifs is 1. The van der Waals surface area contributed by atoms with Crippen molar-refractivity contribution in [2.75, 3.05) is 11.9 Å². The zero-order valence-electron chi connectivity index (χ0n) is 14.9. The van der Waals surface area contributed by atoms with Crippen molar-refractivity contribution in [3.8, 4) is 5.75 Å². The second kappa shape index (κ2) is 7.82. The molecule has 2 heterocycles. The van der Waals surface area contributed by atoms with Gasteiger partial charge in [-0.05, 0) is 37.1 Å². The Labute approximate surface area is 151 Å². The van der Waals surface area contributed by atoms with Crippen molar-refractivity contribution in [2.45, 2.75) is 19.8 Å². The number of nitrogens with zero attached hydrogens (tertiary/aromatic N) is 2. The predicted molar refractivity (Wildman–Crippen MR) is 102 cm³/mol. The van der Waals surface area contributed by atoms with Gasteiger partial charge in [0.25, 0.3) is 5.56 Å². The SMILES string of the molecule is Cc1cccnc1NC(=O)CCCOc1cc(=O)n(C)c2ccccc12. The molecule has 6 heteroatoms. The molecule has 134 valence electrons. The van der Waals surface area contributed by atoms with Crippen LogP contribution in [0.5, 0.6) is 5.75 Å². The Morgan fingerprint density at radius 2 is 2.04 bits per heavy atom. The van der Waals surface area contributed by atoms with Crippen LogP contribution in [0.1, 0.15) is 18.4 Å². The summed E-state index contributed by atoms with van der Waals surface area (Å²) < 4.78 is 7.36. The summed E-state index contributed by atoms with van der Waals surface area (Å²) in [6, 6.07) is 12.8. The van der Waals surface area contributed by atoms with Gasteiger partial charge in [-0.2, -0.15) is 0 Å². The van der Waals surface area contributed by atoms with Crippen LogP contribution in [0.25, 0.3) is 10.9 Å². The Balaban J connectivity index is 1.58. The maximum absolute atomic E-state index is 12.0. The molecule has 0 atom stereocenters. The first-order valence-corrected chi connectivity index (χ1v) is 8.49. The Kier molecular flexibility index (Phi) is 5.31. The molecule has 0 fully saturated rings. The van der Waals surface area contributed by atoms with E-state index in [2.05, 4.69) is 10.3 Å². The van der Waals surface area contributed by atoms with Gasteiger partial charge in [0.15, 0.2) is 0 Å². The van der Waals surface area contributed by atoms with Crippen molar-refractivity contribution in [2.24, 2.45) is 7.05 Å². The van der Waals surface area contributed by atoms with E-state index in [1.807, 2.05) is 43.3 Å². The third-order valence-corrected chi connectivity index (χ3v) is 4.19. The Morgan fingerprint density at radius 1 is 1.23 bits per heavy atom. The molecule has 3 rings (SSSR count). The minimum atomic E-state index is -0.123. The topological polar surface area (TPSA) is 73.2 Å². The fraction of sp³-hybridized carbons (Fsp3) is 0.250. The molecule has 0 radical (unpaired) electrons. The molecule has 1 N–H and O–H groups in total. The fourth-order valence-corrected chi connectivity index (χ4v) is 2.73. The average Bonchev–Trinajstić information content (AvgIpc) is 2.64. The van der Waals surface area contributed by atoms with Gasteiger partial charge in [-0.1, -0.05) is 18.2 Å². The van der Waals surface area contributed by atoms with Crippen LogP contribution in [0.4, 0.5) is 5.82 Å². The quantitative estimate of drug-likeness (QED) is 0.693. The molecule has 1 amide bonds. The molecule has 0 aliphatic rings. The van der Waals surface area contributed by atoms with E-state index in [0.29, 0.717) is 31.0 Å². The lowest BCUT2D eigenvalue weighted by Crippen LogP contribution is -2.17. The van der Waals surface area contributed by atoms with Gasteiger partial charge in [0.05, 0.1) is 12.1 Å². The Bertz CT molecular complexity index is 995. The van der Waals surface area contributed by atoms with Crippen molar-refractivity contribution < 1.29 is 9.53 Å². The molecule has 0 saturated heterocycles. The highest BCUT2D eigenvalue weighted by atomic mass is 16.5. The summed E-state index contributed by atoms with van der Waals surface area (Å²) in [5.74, 6) is 1.02. The van der Waals surface area contributed by atoms with Crippen LogP contribution in [0, 0.1) is 6.92 Å². The largest absolute Gasteiger partial charge is 0.493 e. The Morgan fingerprint density at radius 3 is 2.85 bits per heavy atom. The van der Waals surface area contributed by atoms with E-state index in [1.165, 1.54) is 6.07 Å². The number of rotatable bonds is 6. The van der Waals surface area contributed by atoms with Crippen LogP contribution in [0.2, 0.25) is 0 Å². The molecule has 0 bridgehead atoms. The lowest BCUT2D eigenvalue weighted by Gasteiger charge is -2.11. The smallest absolute Gasteiger partial charge is 0.254 e. The number of para-hydroxylation sites is 1. The number of carbonyl (C=O) groups excluding carboxylic acids is 1. The molecule has 6 nitrogen and oxygen atoms in total. The standard InChI is InChI=1S/C20H21N3O3/c1-14-7-5-11-21-20(14)22-18(24)10-6-12-26-17-13-19(25)23(2)16-9-4-3-8-15(16)17/h3-5,7-9,11,13H,6,10,12H2,1-2H3,(H,21,22,24). The van der Waals surface area contributed by atoms with Gasteiger partial charge >= 0.3 is 0 Å². The predicted octanol–water partition coefficient (Wildman–Crippen LogP) is 3.04. The lowest BCUT2D eigenvalue weighted by molar-refractivity contribution is -0.116. The number of carbonyl (C=O) groups is 1. The van der Waals surface area contributed by atoms with E-state index in [-0.39, 0.29) is 11.5 Å². The van der Waals surface area contributed by atoms with Gasteiger partial charge in [0.1, 0.15) is 11.6 Å². The number of aromatic nitrogens is 2. The van der Waals surface area contributed by atoms with Gasteiger partial charge in [-0.25, -0.2) is 4.98 Å². The van der Waals surface area contributed by atoms with Gasteiger partial charge in [0.2, 0.25) is 5.91 Å². The van der Waals surface area contributed by atoms with Crippen LogP contribution in [0.15, 0.2) is 53.5 Å². The fourth-order valence-electron chi connectivity index (χ4n) is 2.73. The van der Waals surface area contributed by atoms with Gasteiger partial charge in [-0.3, -0.25) is 9.59 Å². The van der Waals surface area contributed by atoms with E-state index in [1.54, 1.807) is 17.8 Å². The van der Waals surface area contributed by atoms with Crippen molar-refractivity contribution in [3.63, 3.8) is 0 Å². The average molecular weight is 351 g/mol. The van der Waals surface area contributed by atoms with Crippen LogP contribution in [0.3, 0.4) is 0 Å². The number of hydrogen-bond acceptors (Lipinski definition) is 4. The lowest BCUT2D eigenvalue weighted by atomic mass is 10.2. The maximum atomic E-state index is 12.0. The van der Waals surface area contributed by atoms with E-state index >= 15 is 0 Å². The van der Waals surface area contributed by atoms with E-state index in [9.17, 15) is 9.59 Å². The molecule has 0 unspecified atom stereocenters. The number of aryl methyl sites for hydroxylation is 2. The molecule has 0 aliphatic carbocycles. The first-order valence-electron chi connectivity index (χ1n) is 8.49. The van der Waals surface area contributed by atoms with Crippen LogP contribution in [-0.4, -0.2) is 22.1 Å². The summed E-state index contributed by atoms with van der Waals surface area (Å²) in [6.45, 7) is 2.25. The number of hydrogen-bond donors (Lipinski definition) is 1. The Hall–Kier alpha value is -3.15. The molecule has 1 aromatic carbocycles. The van der Waals surface area contributed by atoms with Crippen LogP contribution in [-0.2, 0) is 11.8 Å². The summed E-state index contributed by atoms with van der Waals surface area (Å²) >= 11 is 0. The summed E-state index contributed by atoms with van der Waals surface area (Å²) in [6.07, 6.45) is 2.51. The highest BCUT2D eigenvalue weighted by Gasteiger charge is 2.09. The highest BCUT2D eigenvalue weighted by molar-refractivity contribution is 5.90. The van der Waals surface area contributed by atoms with Crippen molar-refractivity contribution in [3.05, 3.63) is 64.6 Å². The number of anilines is 1. The molecule has 2 aromatic heterocycles. The van der Waals surface area contributed by atoms with E-state index in [4.69, 9.17) is 4.74 Å². The zero-order chi connectivity index (χ0) is 18.5. The first kappa shape index (κ1) is 17.7. The number of amides is 1. The third kappa shape index (κ3) is 3.91. The van der Waals surface area contributed by atoms with E-state index < -0.39 is 0 Å². The summed E-state index contributed by atoms with van der Waals surface area (Å²) in [5, 5.41) is 3.67. The summed E-state index contributed by atoms with van der Waals surface area (Å²) in [4.78, 5) is 28.2. The van der Waals surface area contributed by atoms with Crippen molar-refractivity contribution >= 4 is 22.6 Å². The van der Waals surface area contributed by atoms with Gasteiger partial charge in [0, 0.05) is 31.1 Å². The number of benzene rings is 1. The molecular weight excluding hydrogens is 330 g/mol. The molecule has 26 heavy (non-hydrogen) atoms. The van der Waals surface area contributed by atoms with Crippen LogP contribution >= 0.6 is 0 Å². The molecular formula is C20H21N3O3. The zero-order valence-corrected chi connectivity index (χ0v) is 14.9. The van der Waals surface area contributed by atoms with Gasteiger partial charge < -0.3 is 14.6 Å². The van der Waals surface area contributed by atoms with Gasteiger partial charge in [-0.15, -0.1) is 0 Å². The maximum Gasteiger partial charge on any atom is 0.254 e. The number of ether oxygens (including phenoxy) is 1. The monoisotopic (exact) mass is 351 g/mol. The second-order valence-electron chi connectivity index (χ2n) is 6.09. The second-order valence-corrected chi connectivity index (χ2v) is 6.09. The van der Waals surface area contributed by atoms with Crippen LogP contribution < -0.4 is 15.6 Å². The molecule has 0 saturated carbocycles. The molecule has 0 spiro atoms. The summed E-state index contributed by atoms with van der Waals surface area (Å²) in [7, 11) is 1.73. The molecule has 3 aromatic rings. The minimum absolute atomic E-state index is 0.107. The minimum Gasteiger partial charge on any atom is -0.493 e. The van der Waals surface area contributed by atoms with E-state index in [0.717, 1.165) is 16.5 Å². The van der Waals surface area contributed by atoms with Crippen molar-refractivity contribution in [1.82, 2.24) is 9.55 Å². The van der Waals surface area contributed by atoms with Crippen molar-refractivity contribution in [1.29, 1.82) is 0 Å². The third-order valence-electron chi connectivity index (χ3n) is 4.19. The summed E-state index contributed by atoms with van der Waals surface area (Å²) in [5.41, 5.74) is 1.61.